The molecule has 0 radical (unpaired) electrons. The standard InChI is InChI=1S/C16H28N2O/c1-12-9-14(10-13(2)15(12)19-6)18(5)11-16(3,4)7-8-17/h9-10H,7-8,11,17H2,1-6H3. The van der Waals surface area contributed by atoms with Crippen LogP contribution >= 0.6 is 0 Å². The third kappa shape index (κ3) is 4.13. The lowest BCUT2D eigenvalue weighted by atomic mass is 9.88. The Morgan fingerprint density at radius 2 is 1.74 bits per heavy atom. The minimum absolute atomic E-state index is 0.227. The maximum Gasteiger partial charge on any atom is 0.124 e. The molecule has 0 heterocycles. The first-order valence-electron chi connectivity index (χ1n) is 6.87. The maximum absolute atomic E-state index is 5.68. The molecule has 0 aliphatic carbocycles. The van der Waals surface area contributed by atoms with Crippen molar-refractivity contribution in [2.75, 3.05) is 32.1 Å². The monoisotopic (exact) mass is 264 g/mol. The summed E-state index contributed by atoms with van der Waals surface area (Å²) in [6.07, 6.45) is 1.03. The van der Waals surface area contributed by atoms with Crippen molar-refractivity contribution in [1.82, 2.24) is 0 Å². The molecule has 1 aromatic rings. The smallest absolute Gasteiger partial charge is 0.124 e. The molecule has 108 valence electrons. The molecule has 0 aliphatic rings. The summed E-state index contributed by atoms with van der Waals surface area (Å²) < 4.78 is 5.41. The van der Waals surface area contributed by atoms with E-state index in [4.69, 9.17) is 10.5 Å². The van der Waals surface area contributed by atoms with E-state index in [1.165, 1.54) is 16.8 Å². The van der Waals surface area contributed by atoms with Gasteiger partial charge in [-0.25, -0.2) is 0 Å². The van der Waals surface area contributed by atoms with Gasteiger partial charge in [-0.15, -0.1) is 0 Å². The van der Waals surface area contributed by atoms with Crippen LogP contribution in [0, 0.1) is 19.3 Å². The highest BCUT2D eigenvalue weighted by Crippen LogP contribution is 2.30. The average molecular weight is 264 g/mol. The van der Waals surface area contributed by atoms with Crippen molar-refractivity contribution in [3.63, 3.8) is 0 Å². The van der Waals surface area contributed by atoms with Crippen molar-refractivity contribution in [2.24, 2.45) is 11.1 Å². The Kier molecular flexibility index (Phi) is 5.24. The van der Waals surface area contributed by atoms with E-state index in [1.807, 2.05) is 0 Å². The molecule has 0 bridgehead atoms. The van der Waals surface area contributed by atoms with Gasteiger partial charge in [0.05, 0.1) is 7.11 Å². The number of aryl methyl sites for hydroxylation is 2. The Hall–Kier alpha value is -1.22. The van der Waals surface area contributed by atoms with Crippen molar-refractivity contribution in [2.45, 2.75) is 34.1 Å². The summed E-state index contributed by atoms with van der Waals surface area (Å²) in [4.78, 5) is 2.30. The van der Waals surface area contributed by atoms with Gasteiger partial charge in [0.25, 0.3) is 0 Å². The molecule has 0 spiro atoms. The van der Waals surface area contributed by atoms with E-state index in [9.17, 15) is 0 Å². The van der Waals surface area contributed by atoms with Gasteiger partial charge in [-0.05, 0) is 55.5 Å². The summed E-state index contributed by atoms with van der Waals surface area (Å²) in [7, 11) is 3.86. The number of benzene rings is 1. The zero-order valence-electron chi connectivity index (χ0n) is 13.2. The van der Waals surface area contributed by atoms with Crippen LogP contribution in [-0.4, -0.2) is 27.2 Å². The zero-order chi connectivity index (χ0) is 14.6. The Labute approximate surface area is 117 Å². The van der Waals surface area contributed by atoms with Gasteiger partial charge < -0.3 is 15.4 Å². The van der Waals surface area contributed by atoms with Crippen molar-refractivity contribution < 1.29 is 4.74 Å². The van der Waals surface area contributed by atoms with Gasteiger partial charge >= 0.3 is 0 Å². The molecule has 1 aromatic carbocycles. The maximum atomic E-state index is 5.68. The molecule has 0 unspecified atom stereocenters. The number of rotatable bonds is 6. The normalized spacial score (nSPS) is 11.5. The summed E-state index contributed by atoms with van der Waals surface area (Å²) in [6, 6.07) is 4.37. The van der Waals surface area contributed by atoms with E-state index in [-0.39, 0.29) is 5.41 Å². The van der Waals surface area contributed by atoms with Gasteiger partial charge in [0.15, 0.2) is 0 Å². The van der Waals surface area contributed by atoms with Crippen LogP contribution in [0.15, 0.2) is 12.1 Å². The molecule has 0 amide bonds. The van der Waals surface area contributed by atoms with Crippen molar-refractivity contribution in [3.8, 4) is 5.75 Å². The molecule has 0 aliphatic heterocycles. The lowest BCUT2D eigenvalue weighted by Crippen LogP contribution is -2.33. The van der Waals surface area contributed by atoms with Gasteiger partial charge in [-0.3, -0.25) is 0 Å². The topological polar surface area (TPSA) is 38.5 Å². The fourth-order valence-corrected chi connectivity index (χ4v) is 2.67. The molecule has 0 fully saturated rings. The van der Waals surface area contributed by atoms with Crippen LogP contribution in [0.4, 0.5) is 5.69 Å². The Bertz CT molecular complexity index is 404. The highest BCUT2D eigenvalue weighted by molar-refractivity contribution is 5.56. The number of nitrogens with zero attached hydrogens (tertiary/aromatic N) is 1. The minimum atomic E-state index is 0.227. The number of methoxy groups -OCH3 is 1. The summed E-state index contributed by atoms with van der Waals surface area (Å²) in [5.41, 5.74) is 9.51. The van der Waals surface area contributed by atoms with Crippen LogP contribution in [-0.2, 0) is 0 Å². The van der Waals surface area contributed by atoms with Crippen LogP contribution in [0.5, 0.6) is 5.75 Å². The Morgan fingerprint density at radius 3 is 2.16 bits per heavy atom. The van der Waals surface area contributed by atoms with E-state index >= 15 is 0 Å². The number of ether oxygens (including phenoxy) is 1. The lowest BCUT2D eigenvalue weighted by Gasteiger charge is -2.32. The van der Waals surface area contributed by atoms with Gasteiger partial charge in [-0.1, -0.05) is 13.8 Å². The molecular formula is C16H28N2O. The molecule has 0 saturated carbocycles. The molecule has 2 N–H and O–H groups in total. The first-order valence-corrected chi connectivity index (χ1v) is 6.87. The molecule has 3 heteroatoms. The summed E-state index contributed by atoms with van der Waals surface area (Å²) >= 11 is 0. The molecule has 3 nitrogen and oxygen atoms in total. The summed E-state index contributed by atoms with van der Waals surface area (Å²) in [5, 5.41) is 0. The first kappa shape index (κ1) is 15.8. The first-order chi connectivity index (χ1) is 8.80. The fourth-order valence-electron chi connectivity index (χ4n) is 2.67. The second-order valence-corrected chi connectivity index (χ2v) is 6.17. The molecule has 0 atom stereocenters. The van der Waals surface area contributed by atoms with E-state index in [1.54, 1.807) is 7.11 Å². The molecule has 0 saturated heterocycles. The third-order valence-electron chi connectivity index (χ3n) is 3.58. The predicted molar refractivity (Wildman–Crippen MR) is 83.2 cm³/mol. The second-order valence-electron chi connectivity index (χ2n) is 6.17. The van der Waals surface area contributed by atoms with E-state index in [2.05, 4.69) is 51.8 Å². The predicted octanol–water partition coefficient (Wildman–Crippen LogP) is 3.12. The Morgan fingerprint density at radius 1 is 1.21 bits per heavy atom. The average Bonchev–Trinajstić information content (AvgIpc) is 2.27. The van der Waals surface area contributed by atoms with Crippen LogP contribution in [0.3, 0.4) is 0 Å². The minimum Gasteiger partial charge on any atom is -0.496 e. The van der Waals surface area contributed by atoms with Gasteiger partial charge in [0.1, 0.15) is 5.75 Å². The highest BCUT2D eigenvalue weighted by Gasteiger charge is 2.20. The van der Waals surface area contributed by atoms with Crippen LogP contribution < -0.4 is 15.4 Å². The molecule has 1 rings (SSSR count). The molecule has 19 heavy (non-hydrogen) atoms. The number of hydrogen-bond donors (Lipinski definition) is 1. The number of anilines is 1. The largest absolute Gasteiger partial charge is 0.496 e. The van der Waals surface area contributed by atoms with Crippen LogP contribution in [0.2, 0.25) is 0 Å². The molecule has 0 aromatic heterocycles. The SMILES string of the molecule is COc1c(C)cc(N(C)CC(C)(C)CCN)cc1C. The number of nitrogens with two attached hydrogens (primary N) is 1. The van der Waals surface area contributed by atoms with E-state index in [0.717, 1.165) is 25.3 Å². The van der Waals surface area contributed by atoms with Crippen LogP contribution in [0.1, 0.15) is 31.4 Å². The van der Waals surface area contributed by atoms with Gasteiger partial charge in [-0.2, -0.15) is 0 Å². The van der Waals surface area contributed by atoms with E-state index in [0.29, 0.717) is 0 Å². The van der Waals surface area contributed by atoms with E-state index < -0.39 is 0 Å². The quantitative estimate of drug-likeness (QED) is 0.858. The third-order valence-corrected chi connectivity index (χ3v) is 3.58. The lowest BCUT2D eigenvalue weighted by molar-refractivity contribution is 0.347. The number of hydrogen-bond acceptors (Lipinski definition) is 3. The Balaban J connectivity index is 2.92. The fraction of sp³-hybridized carbons (Fsp3) is 0.625. The van der Waals surface area contributed by atoms with Gasteiger partial charge in [0, 0.05) is 19.3 Å². The summed E-state index contributed by atoms with van der Waals surface area (Å²) in [5.74, 6) is 0.985. The van der Waals surface area contributed by atoms with Crippen molar-refractivity contribution in [3.05, 3.63) is 23.3 Å². The molecular weight excluding hydrogens is 236 g/mol. The zero-order valence-corrected chi connectivity index (χ0v) is 13.2. The summed E-state index contributed by atoms with van der Waals surface area (Å²) in [6.45, 7) is 10.4. The van der Waals surface area contributed by atoms with Gasteiger partial charge in [0.2, 0.25) is 0 Å². The van der Waals surface area contributed by atoms with Crippen molar-refractivity contribution >= 4 is 5.69 Å². The second kappa shape index (κ2) is 6.29. The van der Waals surface area contributed by atoms with Crippen molar-refractivity contribution in [1.29, 1.82) is 0 Å². The van der Waals surface area contributed by atoms with Crippen LogP contribution in [0.25, 0.3) is 0 Å². The highest BCUT2D eigenvalue weighted by atomic mass is 16.5.